The molecule has 1 saturated heterocycles. The molecular weight excluding hydrogens is 334 g/mol. The number of sulfonamides is 1. The molecule has 3 heterocycles. The van der Waals surface area contributed by atoms with Gasteiger partial charge in [-0.25, -0.2) is 8.42 Å². The van der Waals surface area contributed by atoms with Gasteiger partial charge < -0.3 is 9.88 Å². The molecule has 0 unspecified atom stereocenters. The Balaban J connectivity index is 1.84. The molecule has 1 aliphatic heterocycles. The largest absolute Gasteiger partial charge is 0.345 e. The summed E-state index contributed by atoms with van der Waals surface area (Å²) in [6.45, 7) is 1.10. The fourth-order valence-electron chi connectivity index (χ4n) is 2.69. The maximum absolute atomic E-state index is 12.7. The van der Waals surface area contributed by atoms with E-state index in [-0.39, 0.29) is 10.8 Å². The molecular formula is C15H19N3O3S2. The van der Waals surface area contributed by atoms with Crippen molar-refractivity contribution in [2.45, 2.75) is 24.2 Å². The van der Waals surface area contributed by atoms with Crippen LogP contribution in [0, 0.1) is 0 Å². The summed E-state index contributed by atoms with van der Waals surface area (Å²) in [6.07, 6.45) is 4.34. The monoisotopic (exact) mass is 353 g/mol. The molecule has 1 N–H and O–H groups in total. The van der Waals surface area contributed by atoms with Crippen molar-refractivity contribution >= 4 is 33.0 Å². The maximum Gasteiger partial charge on any atom is 0.272 e. The second kappa shape index (κ2) is 6.46. The Bertz CT molecular complexity index is 788. The topological polar surface area (TPSA) is 71.4 Å². The number of aromatic nitrogens is 1. The van der Waals surface area contributed by atoms with E-state index in [0.717, 1.165) is 19.3 Å². The lowest BCUT2D eigenvalue weighted by Gasteiger charge is -2.25. The zero-order valence-corrected chi connectivity index (χ0v) is 14.5. The quantitative estimate of drug-likeness (QED) is 0.918. The fraction of sp³-hybridized carbons (Fsp3) is 0.400. The fourth-order valence-corrected chi connectivity index (χ4v) is 4.86. The first-order valence-electron chi connectivity index (χ1n) is 7.48. The van der Waals surface area contributed by atoms with Gasteiger partial charge in [-0.15, -0.1) is 0 Å². The molecule has 0 spiro atoms. The molecule has 23 heavy (non-hydrogen) atoms. The number of hydrogen-bond acceptors (Lipinski definition) is 4. The Morgan fingerprint density at radius 2 is 2.00 bits per heavy atom. The summed E-state index contributed by atoms with van der Waals surface area (Å²) in [6, 6.07) is 3.25. The second-order valence-corrected chi connectivity index (χ2v) is 8.32. The van der Waals surface area contributed by atoms with Crippen molar-refractivity contribution < 1.29 is 13.2 Å². The summed E-state index contributed by atoms with van der Waals surface area (Å²) < 4.78 is 28.4. The van der Waals surface area contributed by atoms with Gasteiger partial charge in [0.15, 0.2) is 0 Å². The summed E-state index contributed by atoms with van der Waals surface area (Å²) in [5.74, 6) is -0.314. The van der Waals surface area contributed by atoms with E-state index in [4.69, 9.17) is 0 Å². The third-order valence-electron chi connectivity index (χ3n) is 3.94. The summed E-state index contributed by atoms with van der Waals surface area (Å²) in [5.41, 5.74) is 1.04. The molecule has 2 aromatic rings. The van der Waals surface area contributed by atoms with Crippen LogP contribution in [0.1, 0.15) is 29.8 Å². The lowest BCUT2D eigenvalue weighted by molar-refractivity contribution is 0.101. The maximum atomic E-state index is 12.7. The molecule has 1 aliphatic rings. The zero-order valence-electron chi connectivity index (χ0n) is 12.9. The van der Waals surface area contributed by atoms with Crippen molar-refractivity contribution in [3.8, 4) is 0 Å². The standard InChI is InChI=1S/C15H19N3O3S2/c1-17-10-13(23(20,21)18-6-3-2-4-7-18)9-14(17)15(19)16-12-5-8-22-11-12/h5,8-11H,2-4,6-7H2,1H3,(H,16,19). The highest BCUT2D eigenvalue weighted by Gasteiger charge is 2.28. The van der Waals surface area contributed by atoms with Crippen LogP contribution < -0.4 is 5.32 Å². The number of thiophene rings is 1. The van der Waals surface area contributed by atoms with Crippen molar-refractivity contribution in [1.29, 1.82) is 0 Å². The minimum Gasteiger partial charge on any atom is -0.345 e. The first kappa shape index (κ1) is 16.2. The van der Waals surface area contributed by atoms with Crippen LogP contribution in [0.25, 0.3) is 0 Å². The zero-order chi connectivity index (χ0) is 16.4. The predicted molar refractivity (Wildman–Crippen MR) is 90.3 cm³/mol. The molecule has 0 aliphatic carbocycles. The van der Waals surface area contributed by atoms with Crippen LogP contribution in [0.4, 0.5) is 5.69 Å². The molecule has 0 atom stereocenters. The molecule has 0 radical (unpaired) electrons. The van der Waals surface area contributed by atoms with Crippen molar-refractivity contribution in [1.82, 2.24) is 8.87 Å². The van der Waals surface area contributed by atoms with E-state index in [1.165, 1.54) is 27.9 Å². The van der Waals surface area contributed by atoms with Gasteiger partial charge >= 0.3 is 0 Å². The number of hydrogen-bond donors (Lipinski definition) is 1. The molecule has 0 bridgehead atoms. The molecule has 6 nitrogen and oxygen atoms in total. The molecule has 8 heteroatoms. The van der Waals surface area contributed by atoms with Crippen molar-refractivity contribution in [2.75, 3.05) is 18.4 Å². The van der Waals surface area contributed by atoms with Crippen LogP contribution in [-0.2, 0) is 17.1 Å². The van der Waals surface area contributed by atoms with E-state index in [2.05, 4.69) is 5.32 Å². The summed E-state index contributed by atoms with van der Waals surface area (Å²) >= 11 is 1.49. The molecule has 0 saturated carbocycles. The van der Waals surface area contributed by atoms with Gasteiger partial charge in [0.2, 0.25) is 10.0 Å². The van der Waals surface area contributed by atoms with Gasteiger partial charge in [-0.05, 0) is 30.4 Å². The number of carbonyl (C=O) groups is 1. The molecule has 0 aromatic carbocycles. The SMILES string of the molecule is Cn1cc(S(=O)(=O)N2CCCCC2)cc1C(=O)Nc1ccsc1. The lowest BCUT2D eigenvalue weighted by atomic mass is 10.2. The second-order valence-electron chi connectivity index (χ2n) is 5.60. The van der Waals surface area contributed by atoms with Crippen LogP contribution in [0.15, 0.2) is 34.0 Å². The van der Waals surface area contributed by atoms with Crippen LogP contribution in [0.5, 0.6) is 0 Å². The molecule has 2 aromatic heterocycles. The Morgan fingerprint density at radius 3 is 2.65 bits per heavy atom. The Hall–Kier alpha value is -1.64. The van der Waals surface area contributed by atoms with Gasteiger partial charge in [0.25, 0.3) is 5.91 Å². The number of nitrogens with zero attached hydrogens (tertiary/aromatic N) is 2. The molecule has 3 rings (SSSR count). The van der Waals surface area contributed by atoms with E-state index in [1.54, 1.807) is 17.7 Å². The normalized spacial score (nSPS) is 16.4. The number of rotatable bonds is 4. The summed E-state index contributed by atoms with van der Waals surface area (Å²) in [5, 5.41) is 6.46. The van der Waals surface area contributed by atoms with Gasteiger partial charge in [-0.1, -0.05) is 6.42 Å². The molecule has 1 amide bonds. The number of anilines is 1. The van der Waals surface area contributed by atoms with Gasteiger partial charge in [0.05, 0.1) is 5.69 Å². The highest BCUT2D eigenvalue weighted by atomic mass is 32.2. The van der Waals surface area contributed by atoms with Crippen molar-refractivity contribution in [3.05, 3.63) is 34.8 Å². The van der Waals surface area contributed by atoms with Crippen molar-refractivity contribution in [2.24, 2.45) is 7.05 Å². The first-order chi connectivity index (χ1) is 11.0. The predicted octanol–water partition coefficient (Wildman–Crippen LogP) is 2.51. The number of aryl methyl sites for hydroxylation is 1. The van der Waals surface area contributed by atoms with Crippen LogP contribution >= 0.6 is 11.3 Å². The lowest BCUT2D eigenvalue weighted by Crippen LogP contribution is -2.35. The summed E-state index contributed by atoms with van der Waals surface area (Å²) in [7, 11) is -1.85. The van der Waals surface area contributed by atoms with Crippen LogP contribution in [0.2, 0.25) is 0 Å². The van der Waals surface area contributed by atoms with Gasteiger partial charge in [-0.3, -0.25) is 4.79 Å². The van der Waals surface area contributed by atoms with Gasteiger partial charge in [0.1, 0.15) is 10.6 Å². The third kappa shape index (κ3) is 3.34. The smallest absolute Gasteiger partial charge is 0.272 e. The Kier molecular flexibility index (Phi) is 4.56. The van der Waals surface area contributed by atoms with Crippen molar-refractivity contribution in [3.63, 3.8) is 0 Å². The first-order valence-corrected chi connectivity index (χ1v) is 9.87. The van der Waals surface area contributed by atoms with E-state index in [0.29, 0.717) is 24.5 Å². The van der Waals surface area contributed by atoms with Crippen LogP contribution in [-0.4, -0.2) is 36.3 Å². The molecule has 124 valence electrons. The van der Waals surface area contributed by atoms with Gasteiger partial charge in [-0.2, -0.15) is 15.6 Å². The average Bonchev–Trinajstić information content (AvgIpc) is 3.18. The highest BCUT2D eigenvalue weighted by molar-refractivity contribution is 7.89. The minimum atomic E-state index is -3.52. The summed E-state index contributed by atoms with van der Waals surface area (Å²) in [4.78, 5) is 12.5. The van der Waals surface area contributed by atoms with E-state index >= 15 is 0 Å². The third-order valence-corrected chi connectivity index (χ3v) is 6.49. The minimum absolute atomic E-state index is 0.178. The number of piperidine rings is 1. The van der Waals surface area contributed by atoms with E-state index in [9.17, 15) is 13.2 Å². The van der Waals surface area contributed by atoms with Crippen LogP contribution in [0.3, 0.4) is 0 Å². The Labute approximate surface area is 139 Å². The van der Waals surface area contributed by atoms with Gasteiger partial charge in [0, 0.05) is 31.7 Å². The highest BCUT2D eigenvalue weighted by Crippen LogP contribution is 2.23. The number of carbonyl (C=O) groups excluding carboxylic acids is 1. The van der Waals surface area contributed by atoms with E-state index < -0.39 is 10.0 Å². The number of amides is 1. The van der Waals surface area contributed by atoms with E-state index in [1.807, 2.05) is 10.8 Å². The number of nitrogens with one attached hydrogen (secondary N) is 1. The molecule has 1 fully saturated rings. The average molecular weight is 353 g/mol. The Morgan fingerprint density at radius 1 is 1.26 bits per heavy atom.